The van der Waals surface area contributed by atoms with Crippen molar-refractivity contribution in [1.29, 1.82) is 0 Å². The molecule has 21 nitrogen and oxygen atoms in total. The summed E-state index contributed by atoms with van der Waals surface area (Å²) in [6.07, 6.45) is 0.965. The number of anilines is 3. The quantitative estimate of drug-likeness (QED) is 0.0319. The van der Waals surface area contributed by atoms with Gasteiger partial charge in [-0.1, -0.05) is 5.16 Å². The zero-order chi connectivity index (χ0) is 35.5. The van der Waals surface area contributed by atoms with E-state index in [1.165, 1.54) is 29.4 Å². The molecule has 4 rings (SSSR count). The van der Waals surface area contributed by atoms with Crippen LogP contribution in [0.2, 0.25) is 0 Å². The van der Waals surface area contributed by atoms with E-state index in [0.717, 1.165) is 28.2 Å². The summed E-state index contributed by atoms with van der Waals surface area (Å²) < 4.78 is 6.84. The van der Waals surface area contributed by atoms with Crippen LogP contribution in [0.5, 0.6) is 0 Å². The van der Waals surface area contributed by atoms with Crippen LogP contribution in [0.15, 0.2) is 22.6 Å². The maximum atomic E-state index is 13.3. The molecule has 2 aliphatic heterocycles. The van der Waals surface area contributed by atoms with Crippen molar-refractivity contribution in [3.8, 4) is 0 Å². The van der Waals surface area contributed by atoms with E-state index >= 15 is 0 Å². The first-order chi connectivity index (χ1) is 22.5. The van der Waals surface area contributed by atoms with Crippen LogP contribution in [0.1, 0.15) is 26.1 Å². The highest BCUT2D eigenvalue weighted by Crippen LogP contribution is 2.40. The zero-order valence-electron chi connectivity index (χ0n) is 25.7. The first-order valence-corrected chi connectivity index (χ1v) is 15.8. The van der Waals surface area contributed by atoms with Crippen LogP contribution >= 0.6 is 23.3 Å². The number of hydrogen-bond donors (Lipinski definition) is 7. The van der Waals surface area contributed by atoms with Gasteiger partial charge in [-0.25, -0.2) is 4.79 Å². The molecule has 0 spiro atoms. The van der Waals surface area contributed by atoms with Crippen molar-refractivity contribution in [2.24, 2.45) is 17.9 Å². The highest BCUT2D eigenvalue weighted by atomic mass is 32.2. The normalized spacial score (nSPS) is 17.7. The van der Waals surface area contributed by atoms with Crippen LogP contribution in [-0.4, -0.2) is 101 Å². The molecule has 0 aromatic carbocycles. The minimum Gasteiger partial charge on any atom is -0.543 e. The van der Waals surface area contributed by atoms with Gasteiger partial charge in [0.2, 0.25) is 35.1 Å². The Balaban J connectivity index is 1.51. The molecule has 48 heavy (non-hydrogen) atoms. The Morgan fingerprint density at radius 1 is 1.25 bits per heavy atom. The minimum absolute atomic E-state index is 0.0222. The summed E-state index contributed by atoms with van der Waals surface area (Å²) in [5.41, 5.74) is 14.7. The minimum atomic E-state index is -1.84. The smallest absolute Gasteiger partial charge is 0.350 e. The summed E-state index contributed by atoms with van der Waals surface area (Å²) in [4.78, 5) is 84.4. The van der Waals surface area contributed by atoms with Crippen molar-refractivity contribution in [2.45, 2.75) is 43.8 Å². The molecule has 10 N–H and O–H groups in total. The monoisotopic (exact) mass is 708 g/mol. The van der Waals surface area contributed by atoms with Gasteiger partial charge in [0.1, 0.15) is 17.8 Å². The molecule has 0 aliphatic carbocycles. The lowest BCUT2D eigenvalue weighted by atomic mass is 10.0. The van der Waals surface area contributed by atoms with Gasteiger partial charge in [-0.2, -0.15) is 9.36 Å². The highest BCUT2D eigenvalue weighted by Gasteiger charge is 2.53. The van der Waals surface area contributed by atoms with E-state index in [9.17, 15) is 39.0 Å². The Morgan fingerprint density at radius 3 is 2.56 bits per heavy atom. The fraction of sp³-hybridized carbons (Fsp3) is 0.440. The lowest BCUT2D eigenvalue weighted by Gasteiger charge is -2.50. The molecule has 0 saturated carbocycles. The van der Waals surface area contributed by atoms with Gasteiger partial charge in [-0.15, -0.1) is 21.1 Å². The van der Waals surface area contributed by atoms with Crippen molar-refractivity contribution in [2.75, 3.05) is 35.6 Å². The third kappa shape index (κ3) is 7.47. The maximum absolute atomic E-state index is 13.3. The second kappa shape index (κ2) is 14.2. The van der Waals surface area contributed by atoms with Gasteiger partial charge in [0.05, 0.1) is 18.7 Å². The number of hydrogen-bond acceptors (Lipinski definition) is 16. The number of thioether (sulfide) groups is 1. The number of nitrogens with one attached hydrogen (secondary N) is 3. The van der Waals surface area contributed by atoms with E-state index in [1.807, 2.05) is 0 Å². The van der Waals surface area contributed by atoms with Gasteiger partial charge in [-0.3, -0.25) is 24.1 Å². The summed E-state index contributed by atoms with van der Waals surface area (Å²) in [5, 5.41) is 31.9. The number of rotatable bonds is 14. The van der Waals surface area contributed by atoms with Crippen molar-refractivity contribution in [1.82, 2.24) is 29.6 Å². The van der Waals surface area contributed by atoms with Crippen LogP contribution < -0.4 is 42.9 Å². The molecule has 1 saturated heterocycles. The van der Waals surface area contributed by atoms with Crippen LogP contribution in [0, 0.1) is 0 Å². The van der Waals surface area contributed by atoms with Crippen LogP contribution in [0.25, 0.3) is 0 Å². The number of nitrogens with zero attached hydrogens (tertiary/aromatic N) is 6. The fourth-order valence-corrected chi connectivity index (χ4v) is 6.16. The SMILES string of the molecule is Cn1c(N)c(NC(=O)CC(=O)NCCN)c[n+]1CC1=C(C(=O)[O-])N2C(=O)[C@@H](NC(=O)/C(=N\OC(C)(C)C(=O)O)c3nsc(N)n3)[C@H]2SC1. The Labute approximate surface area is 279 Å². The maximum Gasteiger partial charge on any atom is 0.350 e. The van der Waals surface area contributed by atoms with Gasteiger partial charge in [0.15, 0.2) is 23.2 Å². The number of β-lactam (4-membered cyclic amide) rings is 1. The van der Waals surface area contributed by atoms with Gasteiger partial charge >= 0.3 is 5.97 Å². The zero-order valence-corrected chi connectivity index (χ0v) is 27.3. The third-order valence-corrected chi connectivity index (χ3v) is 8.86. The molecule has 4 heterocycles. The van der Waals surface area contributed by atoms with Gasteiger partial charge in [0, 0.05) is 35.9 Å². The molecule has 0 bridgehead atoms. The predicted molar refractivity (Wildman–Crippen MR) is 166 cm³/mol. The Kier molecular flexibility index (Phi) is 10.5. The van der Waals surface area contributed by atoms with E-state index in [0.29, 0.717) is 0 Å². The molecule has 258 valence electrons. The predicted octanol–water partition coefficient (Wildman–Crippen LogP) is -4.58. The van der Waals surface area contributed by atoms with E-state index in [2.05, 4.69) is 30.5 Å². The van der Waals surface area contributed by atoms with E-state index < -0.39 is 70.4 Å². The number of fused-ring (bicyclic) bond motifs is 1. The second-order valence-corrected chi connectivity index (χ2v) is 12.7. The molecule has 2 aliphatic rings. The van der Waals surface area contributed by atoms with Gasteiger partial charge in [-0.05, 0) is 13.8 Å². The molecule has 0 unspecified atom stereocenters. The standard InChI is InChI=1S/C25H32N12O9S2/c1-25(2,23(44)45)46-33-14(18-32-24(28)48-34-18)19(40)31-15-20(41)37-16(22(42)43)10(9-47-21(15)37)7-36-8-11(17(27)35(36)3)30-13(39)6-12(38)29-5-4-26/h8,15,21,27H,4-7,9,26H2,1-3H3,(H7,28,29,30,31,32,34,38,39,40,42,43,44,45)/b33-14-/t15-,21-/m1/s1. The van der Waals surface area contributed by atoms with Crippen molar-refractivity contribution >= 4 is 81.2 Å². The third-order valence-electron chi connectivity index (χ3n) is 6.98. The molecule has 2 aromatic rings. The second-order valence-electron chi connectivity index (χ2n) is 10.8. The largest absolute Gasteiger partial charge is 0.543 e. The highest BCUT2D eigenvalue weighted by molar-refractivity contribution is 8.00. The average molecular weight is 709 g/mol. The first-order valence-electron chi connectivity index (χ1n) is 13.9. The fourth-order valence-electron chi connectivity index (χ4n) is 4.39. The van der Waals surface area contributed by atoms with Crippen LogP contribution in [0.3, 0.4) is 0 Å². The number of oxime groups is 1. The lowest BCUT2D eigenvalue weighted by molar-refractivity contribution is -0.765. The number of aliphatic carboxylic acids is 2. The molecular weight excluding hydrogens is 676 g/mol. The number of carboxylic acid groups (broad SMARTS) is 2. The Hall–Kier alpha value is -5.29. The number of amides is 4. The number of nitrogen functional groups attached to an aromatic ring is 2. The van der Waals surface area contributed by atoms with Crippen LogP contribution in [0.4, 0.5) is 16.6 Å². The Morgan fingerprint density at radius 2 is 1.96 bits per heavy atom. The topological polar surface area (TPSA) is 319 Å². The number of aromatic nitrogens is 4. The molecule has 1 fully saturated rings. The van der Waals surface area contributed by atoms with Crippen molar-refractivity contribution < 1.29 is 48.5 Å². The van der Waals surface area contributed by atoms with Crippen LogP contribution in [-0.2, 0) is 47.2 Å². The summed E-state index contributed by atoms with van der Waals surface area (Å²) in [5.74, 6) is -6.04. The molecule has 0 radical (unpaired) electrons. The number of carboxylic acids is 2. The van der Waals surface area contributed by atoms with E-state index in [1.54, 1.807) is 7.05 Å². The summed E-state index contributed by atoms with van der Waals surface area (Å²) >= 11 is 1.89. The summed E-state index contributed by atoms with van der Waals surface area (Å²) in [6, 6.07) is -1.21. The number of carbonyl (C=O) groups excluding carboxylic acids is 5. The average Bonchev–Trinajstić information content (AvgIpc) is 3.56. The van der Waals surface area contributed by atoms with Gasteiger partial charge < -0.3 is 53.0 Å². The molecule has 4 amide bonds. The summed E-state index contributed by atoms with van der Waals surface area (Å²) in [6.45, 7) is 2.72. The first kappa shape index (κ1) is 35.6. The van der Waals surface area contributed by atoms with Crippen molar-refractivity contribution in [3.05, 3.63) is 23.3 Å². The summed E-state index contributed by atoms with van der Waals surface area (Å²) in [7, 11) is 1.56. The van der Waals surface area contributed by atoms with E-state index in [-0.39, 0.29) is 53.4 Å². The van der Waals surface area contributed by atoms with Crippen molar-refractivity contribution in [3.63, 3.8) is 0 Å². The van der Waals surface area contributed by atoms with Gasteiger partial charge in [0.25, 0.3) is 11.8 Å². The van der Waals surface area contributed by atoms with E-state index in [4.69, 9.17) is 22.0 Å². The molecule has 2 atom stereocenters. The number of carbonyl (C=O) groups is 6. The molecule has 2 aromatic heterocycles. The Bertz CT molecular complexity index is 1730. The molecule has 23 heteroatoms. The molecular formula is C25H32N12O9S2. The lowest BCUT2D eigenvalue weighted by Crippen LogP contribution is -2.71. The number of nitrogens with two attached hydrogens (primary N) is 3.